The van der Waals surface area contributed by atoms with E-state index in [2.05, 4.69) is 9.88 Å². The number of halogens is 1. The van der Waals surface area contributed by atoms with Crippen molar-refractivity contribution in [3.8, 4) is 0 Å². The molecule has 0 spiro atoms. The van der Waals surface area contributed by atoms with Crippen molar-refractivity contribution in [1.82, 2.24) is 9.71 Å². The Bertz CT molecular complexity index is 968. The molecule has 0 saturated heterocycles. The number of aryl methyl sites for hydroxylation is 1. The molecule has 1 aliphatic carbocycles. The SMILES string of the molecule is Cc1sc(N(CCC2CCCCC2)Cc2ccc(Cl)cc2)nc1C(=O)NS(C)(=O)=O. The predicted molar refractivity (Wildman–Crippen MR) is 123 cm³/mol. The quantitative estimate of drug-likeness (QED) is 0.602. The summed E-state index contributed by atoms with van der Waals surface area (Å²) >= 11 is 7.44. The Hall–Kier alpha value is -1.64. The molecule has 0 bridgehead atoms. The normalized spacial score (nSPS) is 15.2. The monoisotopic (exact) mass is 469 g/mol. The number of nitrogens with zero attached hydrogens (tertiary/aromatic N) is 2. The van der Waals surface area contributed by atoms with Crippen molar-refractivity contribution in [2.75, 3.05) is 17.7 Å². The highest BCUT2D eigenvalue weighted by Crippen LogP contribution is 2.31. The molecule has 164 valence electrons. The fraction of sp³-hybridized carbons (Fsp3) is 0.524. The third-order valence-corrected chi connectivity index (χ3v) is 7.21. The Balaban J connectivity index is 1.80. The molecule has 30 heavy (non-hydrogen) atoms. The smallest absolute Gasteiger partial charge is 0.284 e. The summed E-state index contributed by atoms with van der Waals surface area (Å²) in [7, 11) is -3.64. The summed E-state index contributed by atoms with van der Waals surface area (Å²) in [6, 6.07) is 7.73. The van der Waals surface area contributed by atoms with Crippen LogP contribution < -0.4 is 9.62 Å². The van der Waals surface area contributed by atoms with Crippen molar-refractivity contribution in [2.45, 2.75) is 52.0 Å². The summed E-state index contributed by atoms with van der Waals surface area (Å²) in [4.78, 5) is 19.7. The zero-order valence-electron chi connectivity index (χ0n) is 17.4. The van der Waals surface area contributed by atoms with E-state index in [0.29, 0.717) is 16.4 Å². The van der Waals surface area contributed by atoms with Crippen molar-refractivity contribution < 1.29 is 13.2 Å². The Labute approximate surface area is 187 Å². The zero-order chi connectivity index (χ0) is 21.7. The number of aromatic nitrogens is 1. The molecule has 1 aromatic heterocycles. The average molecular weight is 470 g/mol. The molecule has 3 rings (SSSR count). The van der Waals surface area contributed by atoms with Crippen LogP contribution in [0.4, 0.5) is 5.13 Å². The summed E-state index contributed by atoms with van der Waals surface area (Å²) in [5.74, 6) is 0.0387. The summed E-state index contributed by atoms with van der Waals surface area (Å²) in [6.07, 6.45) is 8.51. The van der Waals surface area contributed by atoms with Crippen LogP contribution in [0.25, 0.3) is 0 Å². The van der Waals surface area contributed by atoms with E-state index in [4.69, 9.17) is 11.6 Å². The first-order chi connectivity index (χ1) is 14.2. The summed E-state index contributed by atoms with van der Waals surface area (Å²) < 4.78 is 24.9. The number of carbonyl (C=O) groups is 1. The Kier molecular flexibility index (Phi) is 7.76. The minimum atomic E-state index is -3.64. The lowest BCUT2D eigenvalue weighted by molar-refractivity contribution is 0.0977. The number of nitrogens with one attached hydrogen (secondary N) is 1. The van der Waals surface area contributed by atoms with Crippen LogP contribution in [-0.2, 0) is 16.6 Å². The minimum Gasteiger partial charge on any atom is -0.344 e. The van der Waals surface area contributed by atoms with Gasteiger partial charge in [-0.1, -0.05) is 55.8 Å². The van der Waals surface area contributed by atoms with Crippen LogP contribution in [0, 0.1) is 12.8 Å². The molecule has 0 radical (unpaired) electrons. The molecule has 9 heteroatoms. The van der Waals surface area contributed by atoms with Crippen molar-refractivity contribution in [2.24, 2.45) is 5.92 Å². The number of benzene rings is 1. The van der Waals surface area contributed by atoms with Gasteiger partial charge in [-0.25, -0.2) is 18.1 Å². The molecule has 1 heterocycles. The van der Waals surface area contributed by atoms with E-state index < -0.39 is 15.9 Å². The Morgan fingerprint density at radius 2 is 1.90 bits per heavy atom. The van der Waals surface area contributed by atoms with Gasteiger partial charge in [0, 0.05) is 23.0 Å². The van der Waals surface area contributed by atoms with Crippen LogP contribution >= 0.6 is 22.9 Å². The van der Waals surface area contributed by atoms with Gasteiger partial charge in [-0.3, -0.25) is 4.79 Å². The van der Waals surface area contributed by atoms with E-state index in [1.807, 2.05) is 29.0 Å². The molecular weight excluding hydrogens is 442 g/mol. The average Bonchev–Trinajstić information content (AvgIpc) is 3.08. The molecule has 1 fully saturated rings. The van der Waals surface area contributed by atoms with Gasteiger partial charge in [0.15, 0.2) is 5.13 Å². The molecule has 6 nitrogen and oxygen atoms in total. The number of hydrogen-bond donors (Lipinski definition) is 1. The summed E-state index contributed by atoms with van der Waals surface area (Å²) in [5, 5.41) is 1.43. The topological polar surface area (TPSA) is 79.4 Å². The molecule has 0 unspecified atom stereocenters. The maximum atomic E-state index is 12.3. The number of amides is 1. The highest BCUT2D eigenvalue weighted by atomic mass is 35.5. The maximum absolute atomic E-state index is 12.3. The van der Waals surface area contributed by atoms with Gasteiger partial charge in [0.2, 0.25) is 10.0 Å². The summed E-state index contributed by atoms with van der Waals surface area (Å²) in [6.45, 7) is 3.29. The molecule has 1 N–H and O–H groups in total. The van der Waals surface area contributed by atoms with Gasteiger partial charge < -0.3 is 4.90 Å². The van der Waals surface area contributed by atoms with E-state index in [1.165, 1.54) is 43.4 Å². The second kappa shape index (κ2) is 10.1. The van der Waals surface area contributed by atoms with Crippen molar-refractivity contribution in [1.29, 1.82) is 0 Å². The zero-order valence-corrected chi connectivity index (χ0v) is 19.7. The molecule has 1 amide bonds. The van der Waals surface area contributed by atoms with E-state index in [1.54, 1.807) is 6.92 Å². The third kappa shape index (κ3) is 6.68. The number of carbonyl (C=O) groups excluding carboxylic acids is 1. The van der Waals surface area contributed by atoms with E-state index in [9.17, 15) is 13.2 Å². The number of anilines is 1. The van der Waals surface area contributed by atoms with Gasteiger partial charge in [0.05, 0.1) is 6.26 Å². The van der Waals surface area contributed by atoms with Crippen molar-refractivity contribution in [3.05, 3.63) is 45.4 Å². The highest BCUT2D eigenvalue weighted by molar-refractivity contribution is 7.89. The fourth-order valence-corrected chi connectivity index (χ4v) is 5.30. The van der Waals surface area contributed by atoms with Crippen LogP contribution in [0.2, 0.25) is 5.02 Å². The lowest BCUT2D eigenvalue weighted by Gasteiger charge is -2.27. The van der Waals surface area contributed by atoms with Gasteiger partial charge >= 0.3 is 0 Å². The van der Waals surface area contributed by atoms with Crippen LogP contribution in [0.1, 0.15) is 59.5 Å². The molecule has 0 aliphatic heterocycles. The van der Waals surface area contributed by atoms with E-state index in [-0.39, 0.29) is 5.69 Å². The Morgan fingerprint density at radius 3 is 2.53 bits per heavy atom. The highest BCUT2D eigenvalue weighted by Gasteiger charge is 2.22. The molecule has 0 atom stereocenters. The van der Waals surface area contributed by atoms with Gasteiger partial charge in [-0.05, 0) is 37.0 Å². The van der Waals surface area contributed by atoms with Gasteiger partial charge in [-0.2, -0.15) is 0 Å². The van der Waals surface area contributed by atoms with Crippen molar-refractivity contribution in [3.63, 3.8) is 0 Å². The molecule has 1 saturated carbocycles. The van der Waals surface area contributed by atoms with Gasteiger partial charge in [0.25, 0.3) is 5.91 Å². The standard InChI is InChI=1S/C21H28ClN3O3S2/c1-15-19(20(26)24-30(2,27)28)23-21(29-15)25(13-12-16-6-4-3-5-7-16)14-17-8-10-18(22)11-9-17/h8-11,16H,3-7,12-14H2,1-2H3,(H,24,26). The van der Waals surface area contributed by atoms with Gasteiger partial charge in [-0.15, -0.1) is 11.3 Å². The van der Waals surface area contributed by atoms with Crippen LogP contribution in [0.3, 0.4) is 0 Å². The number of thiazole rings is 1. The fourth-order valence-electron chi connectivity index (χ4n) is 3.81. The number of hydrogen-bond acceptors (Lipinski definition) is 6. The first-order valence-corrected chi connectivity index (χ1v) is 13.3. The van der Waals surface area contributed by atoms with Gasteiger partial charge in [0.1, 0.15) is 5.69 Å². The molecule has 1 aliphatic rings. The third-order valence-electron chi connectivity index (χ3n) is 5.37. The first-order valence-electron chi connectivity index (χ1n) is 10.2. The van der Waals surface area contributed by atoms with Crippen LogP contribution in [-0.4, -0.2) is 32.1 Å². The molecule has 2 aromatic rings. The number of sulfonamides is 1. The van der Waals surface area contributed by atoms with E-state index >= 15 is 0 Å². The predicted octanol–water partition coefficient (Wildman–Crippen LogP) is 4.77. The molecule has 1 aromatic carbocycles. The summed E-state index contributed by atoms with van der Waals surface area (Å²) in [5.41, 5.74) is 1.28. The number of rotatable bonds is 8. The van der Waals surface area contributed by atoms with Crippen LogP contribution in [0.15, 0.2) is 24.3 Å². The van der Waals surface area contributed by atoms with E-state index in [0.717, 1.165) is 35.8 Å². The Morgan fingerprint density at radius 1 is 1.23 bits per heavy atom. The lowest BCUT2D eigenvalue weighted by atomic mass is 9.87. The lowest BCUT2D eigenvalue weighted by Crippen LogP contribution is -2.30. The second-order valence-electron chi connectivity index (χ2n) is 7.95. The minimum absolute atomic E-state index is 0.166. The maximum Gasteiger partial charge on any atom is 0.284 e. The second-order valence-corrected chi connectivity index (χ2v) is 11.3. The molecular formula is C21H28ClN3O3S2. The van der Waals surface area contributed by atoms with Crippen molar-refractivity contribution >= 4 is 44.0 Å². The first kappa shape index (κ1) is 23.0. The largest absolute Gasteiger partial charge is 0.344 e. The van der Waals surface area contributed by atoms with Crippen LogP contribution in [0.5, 0.6) is 0 Å².